The number of thiocarbonyl (C=S) groups is 1. The summed E-state index contributed by atoms with van der Waals surface area (Å²) in [7, 11) is 3.19. The Balaban J connectivity index is 1.59. The maximum absolute atomic E-state index is 13.0. The monoisotopic (exact) mass is 514 g/mol. The highest BCUT2D eigenvalue weighted by atomic mass is 32.1. The second-order valence-corrected chi connectivity index (χ2v) is 12.0. The summed E-state index contributed by atoms with van der Waals surface area (Å²) in [5, 5.41) is 1.27. The van der Waals surface area contributed by atoms with Crippen LogP contribution < -0.4 is 4.90 Å². The quantitative estimate of drug-likeness (QED) is 0.244. The molecule has 0 aliphatic carbocycles. The summed E-state index contributed by atoms with van der Waals surface area (Å²) in [6.07, 6.45) is 3.55. The van der Waals surface area contributed by atoms with Crippen LogP contribution in [-0.2, 0) is 20.4 Å². The van der Waals surface area contributed by atoms with Gasteiger partial charge < -0.3 is 0 Å². The molecule has 0 unspecified atom stereocenters. The number of anilines is 3. The normalized spacial score (nSPS) is 19.2. The number of hydrogen-bond donors (Lipinski definition) is 0. The van der Waals surface area contributed by atoms with Crippen LogP contribution in [-0.4, -0.2) is 45.8 Å². The average molecular weight is 515 g/mol. The third-order valence-electron chi connectivity index (χ3n) is 7.82. The first kappa shape index (κ1) is 23.1. The molecule has 3 aliphatic heterocycles. The number of nitrogens with zero attached hydrogens (tertiary/aromatic N) is 4. The molecule has 2 aromatic heterocycles. The van der Waals surface area contributed by atoms with Crippen LogP contribution >= 0.6 is 23.6 Å². The highest BCUT2D eigenvalue weighted by molar-refractivity contribution is 7.80. The van der Waals surface area contributed by atoms with Crippen LogP contribution in [0.1, 0.15) is 54.8 Å². The number of pyridine rings is 1. The van der Waals surface area contributed by atoms with Gasteiger partial charge in [0.25, 0.3) is 11.8 Å². The Kier molecular flexibility index (Phi) is 4.70. The largest absolute Gasteiger partial charge is 0.288 e. The van der Waals surface area contributed by atoms with Crippen LogP contribution in [0.3, 0.4) is 0 Å². The van der Waals surface area contributed by atoms with Crippen LogP contribution in [0.15, 0.2) is 48.2 Å². The van der Waals surface area contributed by atoms with Crippen molar-refractivity contribution in [3.05, 3.63) is 75.3 Å². The topological polar surface area (TPSA) is 56.8 Å². The van der Waals surface area contributed by atoms with Crippen molar-refractivity contribution >= 4 is 63.1 Å². The van der Waals surface area contributed by atoms with Gasteiger partial charge in [-0.05, 0) is 47.1 Å². The van der Waals surface area contributed by atoms with Crippen molar-refractivity contribution in [2.45, 2.75) is 38.5 Å². The molecule has 6 rings (SSSR count). The minimum atomic E-state index is -0.383. The first-order valence-corrected chi connectivity index (χ1v) is 13.0. The van der Waals surface area contributed by atoms with Crippen LogP contribution in [0.2, 0.25) is 0 Å². The molecule has 0 saturated carbocycles. The third kappa shape index (κ3) is 2.82. The molecule has 1 fully saturated rings. The lowest BCUT2D eigenvalue weighted by Crippen LogP contribution is -2.52. The van der Waals surface area contributed by atoms with Gasteiger partial charge in [0.05, 0.1) is 5.69 Å². The van der Waals surface area contributed by atoms with E-state index in [0.717, 1.165) is 21.3 Å². The molecule has 3 aliphatic rings. The highest BCUT2D eigenvalue weighted by Crippen LogP contribution is 2.61. The molecule has 1 saturated heterocycles. The van der Waals surface area contributed by atoms with Gasteiger partial charge in [-0.3, -0.25) is 24.3 Å². The highest BCUT2D eigenvalue weighted by Gasteiger charge is 2.47. The minimum absolute atomic E-state index is 0.113. The maximum atomic E-state index is 13.0. The van der Waals surface area contributed by atoms with Crippen molar-refractivity contribution in [2.24, 2.45) is 0 Å². The van der Waals surface area contributed by atoms with Gasteiger partial charge in [0.1, 0.15) is 16.4 Å². The molecule has 0 radical (unpaired) electrons. The molecule has 0 spiro atoms. The number of thiophene rings is 1. The number of carbonyl (C=O) groups is 2. The number of rotatable bonds is 1. The SMILES string of the molecule is CN1C(=O)C(=Cc2cc3c(s2)N2c4ncccc4C(C)(C)c4cccc(c42)C3(C)C)C(=O)N(C)C1=S. The molecule has 6 nitrogen and oxygen atoms in total. The number of amides is 2. The molecule has 2 amide bonds. The van der Waals surface area contributed by atoms with E-state index in [-0.39, 0.29) is 33.3 Å². The Morgan fingerprint density at radius 2 is 1.47 bits per heavy atom. The van der Waals surface area contributed by atoms with E-state index in [9.17, 15) is 9.59 Å². The molecule has 1 aromatic carbocycles. The molecule has 5 heterocycles. The van der Waals surface area contributed by atoms with Crippen molar-refractivity contribution in [3.63, 3.8) is 0 Å². The number of benzene rings is 1. The van der Waals surface area contributed by atoms with E-state index in [1.165, 1.54) is 32.2 Å². The number of likely N-dealkylation sites (N-methyl/N-ethyl adjacent to an activating group) is 2. The number of aromatic nitrogens is 1. The van der Waals surface area contributed by atoms with Crippen molar-refractivity contribution in [2.75, 3.05) is 19.0 Å². The van der Waals surface area contributed by atoms with Crippen LogP contribution in [0.25, 0.3) is 6.08 Å². The van der Waals surface area contributed by atoms with E-state index in [1.807, 2.05) is 12.3 Å². The second kappa shape index (κ2) is 7.33. The van der Waals surface area contributed by atoms with E-state index >= 15 is 0 Å². The Labute approximate surface area is 219 Å². The van der Waals surface area contributed by atoms with Crippen LogP contribution in [0.4, 0.5) is 16.5 Å². The van der Waals surface area contributed by atoms with Gasteiger partial charge in [-0.15, -0.1) is 11.3 Å². The summed E-state index contributed by atoms with van der Waals surface area (Å²) in [6.45, 7) is 8.98. The molecular weight excluding hydrogens is 488 g/mol. The number of hydrogen-bond acceptors (Lipinski definition) is 6. The van der Waals surface area contributed by atoms with Crippen molar-refractivity contribution in [1.29, 1.82) is 0 Å². The van der Waals surface area contributed by atoms with Gasteiger partial charge in [-0.1, -0.05) is 52.0 Å². The Bertz CT molecular complexity index is 1520. The summed E-state index contributed by atoms with van der Waals surface area (Å²) in [5.41, 5.74) is 5.64. The second-order valence-electron chi connectivity index (χ2n) is 10.6. The van der Waals surface area contributed by atoms with Gasteiger partial charge in [0.2, 0.25) is 0 Å². The molecule has 0 N–H and O–H groups in total. The maximum Gasteiger partial charge on any atom is 0.265 e. The summed E-state index contributed by atoms with van der Waals surface area (Å²) in [5.74, 6) is 0.159. The Hall–Kier alpha value is -3.36. The molecule has 182 valence electrons. The number of carbonyl (C=O) groups excluding carboxylic acids is 2. The van der Waals surface area contributed by atoms with E-state index < -0.39 is 0 Å². The lowest BCUT2D eigenvalue weighted by Gasteiger charge is -2.47. The van der Waals surface area contributed by atoms with Gasteiger partial charge in [-0.2, -0.15) is 0 Å². The molecule has 0 atom stereocenters. The molecular formula is C28H26N4O2S2. The fourth-order valence-corrected chi connectivity index (χ4v) is 7.09. The van der Waals surface area contributed by atoms with Crippen LogP contribution in [0, 0.1) is 0 Å². The summed E-state index contributed by atoms with van der Waals surface area (Å²) < 4.78 is 0. The molecule has 36 heavy (non-hydrogen) atoms. The van der Waals surface area contributed by atoms with E-state index in [1.54, 1.807) is 31.5 Å². The molecule has 0 bridgehead atoms. The van der Waals surface area contributed by atoms with Gasteiger partial charge in [-0.25, -0.2) is 4.98 Å². The lowest BCUT2D eigenvalue weighted by molar-refractivity contribution is -0.132. The van der Waals surface area contributed by atoms with E-state index in [0.29, 0.717) is 0 Å². The predicted molar refractivity (Wildman–Crippen MR) is 147 cm³/mol. The van der Waals surface area contributed by atoms with Gasteiger partial charge in [0.15, 0.2) is 5.11 Å². The Morgan fingerprint density at radius 1 is 0.889 bits per heavy atom. The minimum Gasteiger partial charge on any atom is -0.288 e. The summed E-state index contributed by atoms with van der Waals surface area (Å²) >= 11 is 6.82. The summed E-state index contributed by atoms with van der Waals surface area (Å²) in [6, 6.07) is 12.8. The zero-order valence-corrected chi connectivity index (χ0v) is 22.7. The number of fused-ring (bicyclic) bond motifs is 4. The first-order valence-electron chi connectivity index (χ1n) is 11.8. The fourth-order valence-electron chi connectivity index (χ4n) is 5.65. The zero-order chi connectivity index (χ0) is 25.7. The molecule has 3 aromatic rings. The van der Waals surface area contributed by atoms with Crippen LogP contribution in [0.5, 0.6) is 0 Å². The lowest BCUT2D eigenvalue weighted by atomic mass is 9.68. The standard InChI is InChI=1S/C28H26N4O2S2/c1-27(2)17-9-7-10-18-21(17)32(22-19(27)11-8-12-29-22)25-20(28(18,3)4)14-15(36-25)13-16-23(33)30(5)26(35)31(6)24(16)34/h7-14H,1-6H3. The smallest absolute Gasteiger partial charge is 0.265 e. The first-order chi connectivity index (χ1) is 17.0. The Morgan fingerprint density at radius 3 is 2.11 bits per heavy atom. The van der Waals surface area contributed by atoms with Gasteiger partial charge >= 0.3 is 0 Å². The zero-order valence-electron chi connectivity index (χ0n) is 21.0. The third-order valence-corrected chi connectivity index (χ3v) is 9.43. The van der Waals surface area contributed by atoms with E-state index in [2.05, 4.69) is 62.9 Å². The summed E-state index contributed by atoms with van der Waals surface area (Å²) in [4.78, 5) is 36.6. The predicted octanol–water partition coefficient (Wildman–Crippen LogP) is 5.49. The number of para-hydroxylation sites is 1. The van der Waals surface area contributed by atoms with Crippen molar-refractivity contribution < 1.29 is 9.59 Å². The van der Waals surface area contributed by atoms with E-state index in [4.69, 9.17) is 17.2 Å². The fraction of sp³-hybridized carbons (Fsp3) is 0.286. The average Bonchev–Trinajstić information content (AvgIpc) is 3.29. The van der Waals surface area contributed by atoms with Crippen molar-refractivity contribution in [1.82, 2.24) is 14.8 Å². The molecule has 8 heteroatoms. The van der Waals surface area contributed by atoms with Crippen molar-refractivity contribution in [3.8, 4) is 0 Å². The van der Waals surface area contributed by atoms with Gasteiger partial charge in [0, 0.05) is 41.6 Å².